The first kappa shape index (κ1) is 21.7. The van der Waals surface area contributed by atoms with Gasteiger partial charge in [0.2, 0.25) is 0 Å². The highest BCUT2D eigenvalue weighted by molar-refractivity contribution is 7.14. The van der Waals surface area contributed by atoms with Gasteiger partial charge in [-0.05, 0) is 36.1 Å². The van der Waals surface area contributed by atoms with Crippen molar-refractivity contribution in [1.29, 1.82) is 0 Å². The first-order chi connectivity index (χ1) is 15.2. The van der Waals surface area contributed by atoms with Crippen molar-refractivity contribution in [2.24, 2.45) is 0 Å². The number of aromatic amines is 1. The summed E-state index contributed by atoms with van der Waals surface area (Å²) >= 11 is 1.34. The normalized spacial score (nSPS) is 11.6. The van der Waals surface area contributed by atoms with Gasteiger partial charge in [-0.15, -0.1) is 11.3 Å². The van der Waals surface area contributed by atoms with E-state index in [-0.39, 0.29) is 11.3 Å². The van der Waals surface area contributed by atoms with E-state index in [0.717, 1.165) is 11.3 Å². The number of thiazole rings is 1. The second-order valence-corrected chi connectivity index (χ2v) is 9.41. The van der Waals surface area contributed by atoms with Gasteiger partial charge >= 0.3 is 11.1 Å². The van der Waals surface area contributed by atoms with E-state index in [1.807, 2.05) is 17.5 Å². The largest absolute Gasteiger partial charge is 0.316 e. The van der Waals surface area contributed by atoms with Crippen LogP contribution in [0, 0.1) is 0 Å². The van der Waals surface area contributed by atoms with Crippen LogP contribution in [-0.2, 0) is 12.0 Å². The summed E-state index contributed by atoms with van der Waals surface area (Å²) in [6.07, 6.45) is 0. The maximum Gasteiger partial charge on any atom is 0.316 e. The number of hydrogen-bond donors (Lipinski definition) is 2. The number of benzene rings is 2. The van der Waals surface area contributed by atoms with E-state index in [2.05, 4.69) is 48.2 Å². The molecule has 7 nitrogen and oxygen atoms in total. The van der Waals surface area contributed by atoms with Crippen molar-refractivity contribution >= 4 is 33.4 Å². The van der Waals surface area contributed by atoms with Crippen molar-refractivity contribution in [1.82, 2.24) is 14.5 Å². The molecule has 0 aliphatic heterocycles. The molecule has 0 unspecified atom stereocenters. The molecule has 0 radical (unpaired) electrons. The maximum absolute atomic E-state index is 12.8. The first-order valence-corrected chi connectivity index (χ1v) is 11.2. The van der Waals surface area contributed by atoms with Crippen LogP contribution >= 0.6 is 11.3 Å². The molecule has 8 heteroatoms. The van der Waals surface area contributed by atoms with Crippen molar-refractivity contribution in [2.75, 3.05) is 5.32 Å². The number of carbonyl (C=O) groups is 1. The van der Waals surface area contributed by atoms with Crippen LogP contribution in [0.15, 0.2) is 57.4 Å². The molecule has 2 aromatic carbocycles. The fourth-order valence-electron chi connectivity index (χ4n) is 3.51. The molecule has 0 saturated heterocycles. The number of fused-ring (bicyclic) bond motifs is 1. The van der Waals surface area contributed by atoms with E-state index < -0.39 is 11.1 Å². The van der Waals surface area contributed by atoms with Crippen LogP contribution in [0.1, 0.15) is 43.6 Å². The Balaban J connectivity index is 1.57. The Morgan fingerprint density at radius 2 is 1.84 bits per heavy atom. The number of nitrogens with one attached hydrogen (secondary N) is 2. The van der Waals surface area contributed by atoms with Crippen LogP contribution in [0.3, 0.4) is 0 Å². The van der Waals surface area contributed by atoms with Gasteiger partial charge in [0.15, 0.2) is 5.13 Å². The van der Waals surface area contributed by atoms with Crippen molar-refractivity contribution in [3.63, 3.8) is 0 Å². The zero-order valence-corrected chi connectivity index (χ0v) is 19.2. The van der Waals surface area contributed by atoms with E-state index in [9.17, 15) is 14.4 Å². The molecule has 164 valence electrons. The lowest BCUT2D eigenvalue weighted by Gasteiger charge is -2.18. The average Bonchev–Trinajstić information content (AvgIpc) is 3.22. The summed E-state index contributed by atoms with van der Waals surface area (Å²) in [5.41, 5.74) is 3.15. The number of nitrogens with zero attached hydrogens (tertiary/aromatic N) is 2. The number of aryl methyl sites for hydroxylation is 1. The van der Waals surface area contributed by atoms with Crippen molar-refractivity contribution < 1.29 is 4.79 Å². The van der Waals surface area contributed by atoms with Crippen LogP contribution in [0.4, 0.5) is 5.13 Å². The zero-order valence-electron chi connectivity index (χ0n) is 18.4. The molecule has 0 fully saturated rings. The van der Waals surface area contributed by atoms with Gasteiger partial charge < -0.3 is 9.55 Å². The standard InChI is InChI=1S/C24H24N4O3S/c1-5-28-19-11-8-15(12-17(19)25-21(30)22(28)31)20(29)27-23-26-18(13-32-23)14-6-9-16(10-7-14)24(2,3)4/h6-13H,5H2,1-4H3,(H,25,30)(H,26,27,29). The van der Waals surface area contributed by atoms with Gasteiger partial charge in [-0.3, -0.25) is 19.7 Å². The van der Waals surface area contributed by atoms with Crippen LogP contribution in [0.25, 0.3) is 22.3 Å². The molecule has 4 rings (SSSR count). The molecule has 2 N–H and O–H groups in total. The smallest absolute Gasteiger partial charge is 0.316 e. The van der Waals surface area contributed by atoms with E-state index in [1.54, 1.807) is 25.1 Å². The highest BCUT2D eigenvalue weighted by atomic mass is 32.1. The van der Waals surface area contributed by atoms with Gasteiger partial charge in [0.25, 0.3) is 5.91 Å². The Bertz CT molecular complexity index is 1420. The van der Waals surface area contributed by atoms with Gasteiger partial charge in [-0.25, -0.2) is 4.98 Å². The zero-order chi connectivity index (χ0) is 23.0. The minimum atomic E-state index is -0.709. The SMILES string of the molecule is CCn1c(=O)c(=O)[nH]c2cc(C(=O)Nc3nc(-c4ccc(C(C)(C)C)cc4)cs3)ccc21. The van der Waals surface area contributed by atoms with Gasteiger partial charge in [0.1, 0.15) is 0 Å². The quantitative estimate of drug-likeness (QED) is 0.453. The molecule has 0 spiro atoms. The molecular weight excluding hydrogens is 424 g/mol. The van der Waals surface area contributed by atoms with Crippen LogP contribution in [0.2, 0.25) is 0 Å². The Kier molecular flexibility index (Phi) is 5.56. The lowest BCUT2D eigenvalue weighted by atomic mass is 9.86. The summed E-state index contributed by atoms with van der Waals surface area (Å²) in [6.45, 7) is 8.66. The second-order valence-electron chi connectivity index (χ2n) is 8.55. The number of H-pyrrole nitrogens is 1. The highest BCUT2D eigenvalue weighted by Gasteiger charge is 2.15. The molecule has 2 heterocycles. The summed E-state index contributed by atoms with van der Waals surface area (Å²) in [4.78, 5) is 43.7. The fourth-order valence-corrected chi connectivity index (χ4v) is 4.22. The number of hydrogen-bond acceptors (Lipinski definition) is 5. The lowest BCUT2D eigenvalue weighted by Crippen LogP contribution is -2.36. The third kappa shape index (κ3) is 4.13. The van der Waals surface area contributed by atoms with Crippen LogP contribution in [-0.4, -0.2) is 20.4 Å². The predicted octanol–water partition coefficient (Wildman–Crippen LogP) is 4.38. The van der Waals surface area contributed by atoms with Gasteiger partial charge in [0.05, 0.1) is 16.7 Å². The fraction of sp³-hybridized carbons (Fsp3) is 0.250. The topological polar surface area (TPSA) is 96.9 Å². The third-order valence-corrected chi connectivity index (χ3v) is 6.08. The average molecular weight is 449 g/mol. The summed E-state index contributed by atoms with van der Waals surface area (Å²) in [5, 5.41) is 5.20. The molecule has 2 aromatic heterocycles. The second kappa shape index (κ2) is 8.20. The lowest BCUT2D eigenvalue weighted by molar-refractivity contribution is 0.102. The summed E-state index contributed by atoms with van der Waals surface area (Å²) in [5.74, 6) is -0.342. The molecular formula is C24H24N4O3S. The Hall–Kier alpha value is -3.52. The van der Waals surface area contributed by atoms with E-state index in [0.29, 0.717) is 28.3 Å². The summed E-state index contributed by atoms with van der Waals surface area (Å²) in [6, 6.07) is 13.1. The minimum absolute atomic E-state index is 0.0789. The predicted molar refractivity (Wildman–Crippen MR) is 129 cm³/mol. The van der Waals surface area contributed by atoms with E-state index in [1.165, 1.54) is 21.5 Å². The molecule has 0 bridgehead atoms. The maximum atomic E-state index is 12.8. The van der Waals surface area contributed by atoms with Crippen LogP contribution < -0.4 is 16.4 Å². The summed E-state index contributed by atoms with van der Waals surface area (Å²) in [7, 11) is 0. The highest BCUT2D eigenvalue weighted by Crippen LogP contribution is 2.28. The number of amides is 1. The Morgan fingerprint density at radius 1 is 1.12 bits per heavy atom. The molecule has 1 amide bonds. The number of anilines is 1. The first-order valence-electron chi connectivity index (χ1n) is 10.3. The monoisotopic (exact) mass is 448 g/mol. The molecule has 4 aromatic rings. The number of rotatable bonds is 4. The third-order valence-electron chi connectivity index (χ3n) is 5.32. The number of aromatic nitrogens is 3. The molecule has 0 saturated carbocycles. The minimum Gasteiger partial charge on any atom is -0.316 e. The molecule has 0 atom stereocenters. The number of carbonyl (C=O) groups excluding carboxylic acids is 1. The van der Waals surface area contributed by atoms with E-state index >= 15 is 0 Å². The van der Waals surface area contributed by atoms with Gasteiger partial charge in [-0.1, -0.05) is 45.0 Å². The molecule has 0 aliphatic carbocycles. The van der Waals surface area contributed by atoms with Crippen molar-refractivity contribution in [2.45, 2.75) is 39.7 Å². The van der Waals surface area contributed by atoms with Gasteiger partial charge in [0, 0.05) is 23.1 Å². The van der Waals surface area contributed by atoms with Crippen molar-refractivity contribution in [3.8, 4) is 11.3 Å². The van der Waals surface area contributed by atoms with Crippen LogP contribution in [0.5, 0.6) is 0 Å². The van der Waals surface area contributed by atoms with Crippen molar-refractivity contribution in [3.05, 3.63) is 79.7 Å². The molecule has 0 aliphatic rings. The Labute approximate surface area is 188 Å². The Morgan fingerprint density at radius 3 is 2.50 bits per heavy atom. The van der Waals surface area contributed by atoms with Gasteiger partial charge in [-0.2, -0.15) is 0 Å². The molecule has 32 heavy (non-hydrogen) atoms. The summed E-state index contributed by atoms with van der Waals surface area (Å²) < 4.78 is 1.38. The van der Waals surface area contributed by atoms with E-state index in [4.69, 9.17) is 0 Å².